The Bertz CT molecular complexity index is 1010. The highest BCUT2D eigenvalue weighted by Crippen LogP contribution is 2.54. The maximum atomic E-state index is 12.0. The van der Waals surface area contributed by atoms with Gasteiger partial charge in [-0.2, -0.15) is 5.10 Å². The fraction of sp³-hybridized carbons (Fsp3) is 0.708. The van der Waals surface area contributed by atoms with Crippen molar-refractivity contribution in [2.75, 3.05) is 19.8 Å². The Kier molecular flexibility index (Phi) is 4.82. The number of rotatable bonds is 5. The maximum absolute atomic E-state index is 12.0. The number of hydrogen-bond acceptors (Lipinski definition) is 6. The van der Waals surface area contributed by atoms with Gasteiger partial charge in [0, 0.05) is 18.9 Å². The van der Waals surface area contributed by atoms with Crippen LogP contribution in [0.2, 0.25) is 0 Å². The van der Waals surface area contributed by atoms with Gasteiger partial charge in [-0.1, -0.05) is 0 Å². The predicted molar refractivity (Wildman–Crippen MR) is 116 cm³/mol. The van der Waals surface area contributed by atoms with Crippen molar-refractivity contribution in [1.82, 2.24) is 19.3 Å². The summed E-state index contributed by atoms with van der Waals surface area (Å²) < 4.78 is 22.6. The molecule has 0 amide bonds. The first kappa shape index (κ1) is 20.6. The SMILES string of the molecule is CC(=O)c1ncc2n1[C@@H](C)Cn1nc(C34CCC(COC5CCCCO5)(CC3)CO4)cc1-2. The summed E-state index contributed by atoms with van der Waals surface area (Å²) in [6.45, 7) is 6.67. The van der Waals surface area contributed by atoms with Crippen LogP contribution >= 0.6 is 0 Å². The smallest absolute Gasteiger partial charge is 0.195 e. The summed E-state index contributed by atoms with van der Waals surface area (Å²) in [5.41, 5.74) is 2.79. The average molecular weight is 441 g/mol. The minimum absolute atomic E-state index is 0.00466. The number of fused-ring (bicyclic) bond motifs is 6. The lowest BCUT2D eigenvalue weighted by atomic mass is 9.65. The van der Waals surface area contributed by atoms with E-state index in [9.17, 15) is 4.79 Å². The van der Waals surface area contributed by atoms with E-state index in [1.165, 1.54) is 6.42 Å². The molecule has 0 aromatic carbocycles. The van der Waals surface area contributed by atoms with Crippen LogP contribution in [0.5, 0.6) is 0 Å². The Labute approximate surface area is 188 Å². The van der Waals surface area contributed by atoms with Gasteiger partial charge in [-0.15, -0.1) is 0 Å². The average Bonchev–Trinajstić information content (AvgIpc) is 3.45. The molecule has 1 unspecified atom stereocenters. The molecule has 1 saturated carbocycles. The van der Waals surface area contributed by atoms with Crippen LogP contribution in [0.25, 0.3) is 11.4 Å². The van der Waals surface area contributed by atoms with Crippen molar-refractivity contribution in [3.63, 3.8) is 0 Å². The Morgan fingerprint density at radius 3 is 2.78 bits per heavy atom. The molecule has 4 fully saturated rings. The summed E-state index contributed by atoms with van der Waals surface area (Å²) in [6.07, 6.45) is 9.20. The van der Waals surface area contributed by atoms with E-state index in [1.807, 2.05) is 0 Å². The summed E-state index contributed by atoms with van der Waals surface area (Å²) in [7, 11) is 0. The first-order valence-electron chi connectivity index (χ1n) is 12.0. The Hall–Kier alpha value is -2.03. The van der Waals surface area contributed by atoms with Gasteiger partial charge >= 0.3 is 0 Å². The largest absolute Gasteiger partial charge is 0.368 e. The third kappa shape index (κ3) is 3.18. The summed E-state index contributed by atoms with van der Waals surface area (Å²) in [6, 6.07) is 2.29. The van der Waals surface area contributed by atoms with Crippen LogP contribution in [0.4, 0.5) is 0 Å². The molecule has 172 valence electrons. The quantitative estimate of drug-likeness (QED) is 0.657. The van der Waals surface area contributed by atoms with Gasteiger partial charge in [0.25, 0.3) is 0 Å². The number of ketones is 1. The van der Waals surface area contributed by atoms with Gasteiger partial charge in [-0.3, -0.25) is 9.48 Å². The standard InChI is InChI=1S/C24H32N4O4/c1-16-13-27-18(19-12-25-22(17(2)29)28(16)19)11-20(26-27)24-8-6-23(7-9-24,15-32-24)14-31-21-5-3-4-10-30-21/h11-12,16,21H,3-10,13-15H2,1-2H3/t16-,21?,23?,24?/m0/s1. The molecule has 1 aliphatic carbocycles. The molecular weight excluding hydrogens is 408 g/mol. The lowest BCUT2D eigenvalue weighted by Crippen LogP contribution is -2.51. The van der Waals surface area contributed by atoms with Gasteiger partial charge < -0.3 is 18.8 Å². The molecule has 0 spiro atoms. The molecule has 0 N–H and O–H groups in total. The Morgan fingerprint density at radius 1 is 1.25 bits per heavy atom. The molecular formula is C24H32N4O4. The highest BCUT2D eigenvalue weighted by molar-refractivity contribution is 5.91. The van der Waals surface area contributed by atoms with E-state index < -0.39 is 0 Å². The van der Waals surface area contributed by atoms with Crippen molar-refractivity contribution in [2.24, 2.45) is 5.41 Å². The second-order valence-electron chi connectivity index (χ2n) is 10.2. The van der Waals surface area contributed by atoms with E-state index in [-0.39, 0.29) is 29.1 Å². The normalized spacial score (nSPS) is 33.7. The summed E-state index contributed by atoms with van der Waals surface area (Å²) >= 11 is 0. The highest BCUT2D eigenvalue weighted by atomic mass is 16.7. The van der Waals surface area contributed by atoms with Gasteiger partial charge in [-0.05, 0) is 57.9 Å². The number of imidazole rings is 1. The first-order chi connectivity index (χ1) is 15.5. The van der Waals surface area contributed by atoms with Crippen molar-refractivity contribution in [2.45, 2.75) is 83.3 Å². The molecule has 6 heterocycles. The van der Waals surface area contributed by atoms with Crippen molar-refractivity contribution in [3.05, 3.63) is 23.8 Å². The van der Waals surface area contributed by atoms with E-state index in [4.69, 9.17) is 19.3 Å². The van der Waals surface area contributed by atoms with Crippen LogP contribution in [0, 0.1) is 5.41 Å². The lowest BCUT2D eigenvalue weighted by Gasteiger charge is -2.52. The topological polar surface area (TPSA) is 80.4 Å². The van der Waals surface area contributed by atoms with Gasteiger partial charge in [0.2, 0.25) is 0 Å². The van der Waals surface area contributed by atoms with Gasteiger partial charge in [0.1, 0.15) is 5.60 Å². The monoisotopic (exact) mass is 440 g/mol. The number of carbonyl (C=O) groups excluding carboxylic acids is 1. The van der Waals surface area contributed by atoms with Crippen molar-refractivity contribution >= 4 is 5.78 Å². The number of aromatic nitrogens is 4. The minimum Gasteiger partial charge on any atom is -0.368 e. The van der Waals surface area contributed by atoms with E-state index in [0.29, 0.717) is 12.4 Å². The number of Topliss-reactive ketones (excluding diaryl/α,β-unsaturated/α-hetero) is 1. The molecule has 2 bridgehead atoms. The zero-order chi connectivity index (χ0) is 21.9. The van der Waals surface area contributed by atoms with Crippen molar-refractivity contribution in [3.8, 4) is 11.4 Å². The molecule has 3 saturated heterocycles. The van der Waals surface area contributed by atoms with Gasteiger partial charge in [-0.25, -0.2) is 4.98 Å². The van der Waals surface area contributed by atoms with Crippen LogP contribution in [-0.2, 0) is 26.4 Å². The molecule has 0 radical (unpaired) electrons. The maximum Gasteiger partial charge on any atom is 0.195 e. The number of nitrogens with zero attached hydrogens (tertiary/aromatic N) is 4. The fourth-order valence-electron chi connectivity index (χ4n) is 5.97. The van der Waals surface area contributed by atoms with E-state index >= 15 is 0 Å². The van der Waals surface area contributed by atoms with E-state index in [1.54, 1.807) is 13.1 Å². The van der Waals surface area contributed by atoms with Crippen LogP contribution in [-0.4, -0.2) is 51.2 Å². The second kappa shape index (κ2) is 7.50. The van der Waals surface area contributed by atoms with Crippen LogP contribution < -0.4 is 0 Å². The Morgan fingerprint density at radius 2 is 2.09 bits per heavy atom. The second-order valence-corrected chi connectivity index (χ2v) is 10.2. The van der Waals surface area contributed by atoms with Gasteiger partial charge in [0.15, 0.2) is 17.9 Å². The molecule has 2 aromatic heterocycles. The first-order valence-corrected chi connectivity index (χ1v) is 12.0. The van der Waals surface area contributed by atoms with Crippen LogP contribution in [0.3, 0.4) is 0 Å². The van der Waals surface area contributed by atoms with Crippen molar-refractivity contribution in [1.29, 1.82) is 0 Å². The van der Waals surface area contributed by atoms with Crippen LogP contribution in [0.1, 0.15) is 81.1 Å². The molecule has 5 aliphatic rings. The summed E-state index contributed by atoms with van der Waals surface area (Å²) in [4.78, 5) is 16.4. The highest BCUT2D eigenvalue weighted by Gasteiger charge is 2.52. The third-order valence-corrected chi connectivity index (χ3v) is 7.99. The molecule has 4 aliphatic heterocycles. The zero-order valence-electron chi connectivity index (χ0n) is 19.0. The number of ether oxygens (including phenoxy) is 3. The van der Waals surface area contributed by atoms with E-state index in [0.717, 1.165) is 75.4 Å². The molecule has 8 nitrogen and oxygen atoms in total. The molecule has 2 aromatic rings. The molecule has 32 heavy (non-hydrogen) atoms. The predicted octanol–water partition coefficient (Wildman–Crippen LogP) is 3.85. The van der Waals surface area contributed by atoms with Crippen LogP contribution in [0.15, 0.2) is 12.3 Å². The Balaban J connectivity index is 1.21. The summed E-state index contributed by atoms with van der Waals surface area (Å²) in [5.74, 6) is 0.521. The third-order valence-electron chi connectivity index (χ3n) is 7.99. The number of carbonyl (C=O) groups is 1. The van der Waals surface area contributed by atoms with Gasteiger partial charge in [0.05, 0.1) is 49.1 Å². The molecule has 2 atom stereocenters. The minimum atomic E-state index is -0.315. The molecule has 8 heteroatoms. The zero-order valence-corrected chi connectivity index (χ0v) is 19.0. The number of hydrogen-bond donors (Lipinski definition) is 0. The lowest BCUT2D eigenvalue weighted by molar-refractivity contribution is -0.236. The summed E-state index contributed by atoms with van der Waals surface area (Å²) in [5, 5.41) is 5.00. The van der Waals surface area contributed by atoms with Crippen molar-refractivity contribution < 1.29 is 19.0 Å². The van der Waals surface area contributed by atoms with E-state index in [2.05, 4.69) is 27.2 Å². The fourth-order valence-corrected chi connectivity index (χ4v) is 5.97. The molecule has 7 rings (SSSR count).